The molecule has 0 bridgehead atoms. The highest BCUT2D eigenvalue weighted by atomic mass is 127. The molecule has 1 aromatic carbocycles. The zero-order valence-corrected chi connectivity index (χ0v) is 12.2. The lowest BCUT2D eigenvalue weighted by molar-refractivity contribution is -0.152. The van der Waals surface area contributed by atoms with E-state index in [1.54, 1.807) is 6.92 Å². The molecule has 18 heavy (non-hydrogen) atoms. The summed E-state index contributed by atoms with van der Waals surface area (Å²) in [5.41, 5.74) is -0.241. The van der Waals surface area contributed by atoms with E-state index in [9.17, 15) is 9.59 Å². The van der Waals surface area contributed by atoms with Crippen molar-refractivity contribution >= 4 is 40.2 Å². The monoisotopic (exact) mass is 359 g/mol. The van der Waals surface area contributed by atoms with E-state index in [2.05, 4.69) is 27.9 Å². The van der Waals surface area contributed by atoms with Gasteiger partial charge in [-0.1, -0.05) is 0 Å². The fourth-order valence-corrected chi connectivity index (χ4v) is 2.06. The van der Waals surface area contributed by atoms with Crippen LogP contribution in [0.2, 0.25) is 0 Å². The van der Waals surface area contributed by atoms with Gasteiger partial charge >= 0.3 is 5.97 Å². The van der Waals surface area contributed by atoms with Crippen molar-refractivity contribution in [3.05, 3.63) is 27.8 Å². The molecule has 2 rings (SSSR count). The average Bonchev–Trinajstić information content (AvgIpc) is 3.14. The number of rotatable bonds is 4. The predicted molar refractivity (Wildman–Crippen MR) is 76.1 cm³/mol. The van der Waals surface area contributed by atoms with Gasteiger partial charge in [-0.05, 0) is 66.6 Å². The highest BCUT2D eigenvalue weighted by molar-refractivity contribution is 14.1. The molecule has 0 atom stereocenters. The minimum absolute atomic E-state index is 0.262. The van der Waals surface area contributed by atoms with Crippen molar-refractivity contribution in [1.29, 1.82) is 0 Å². The molecular formula is C13H14INO3. The van der Waals surface area contributed by atoms with Gasteiger partial charge in [-0.15, -0.1) is 0 Å². The summed E-state index contributed by atoms with van der Waals surface area (Å²) < 4.78 is 6.04. The summed E-state index contributed by atoms with van der Waals surface area (Å²) in [6.07, 6.45) is 1.14. The molecule has 0 aromatic heterocycles. The van der Waals surface area contributed by atoms with Crippen molar-refractivity contribution in [2.45, 2.75) is 19.8 Å². The molecule has 4 nitrogen and oxygen atoms in total. The zero-order chi connectivity index (χ0) is 13.2. The van der Waals surface area contributed by atoms with Gasteiger partial charge in [-0.2, -0.15) is 0 Å². The molecule has 1 aliphatic carbocycles. The van der Waals surface area contributed by atoms with Crippen LogP contribution < -0.4 is 5.32 Å². The number of hydrogen-bond donors (Lipinski definition) is 1. The summed E-state index contributed by atoms with van der Waals surface area (Å²) in [6.45, 7) is 2.04. The molecule has 1 aromatic rings. The first kappa shape index (κ1) is 13.3. The van der Waals surface area contributed by atoms with Crippen molar-refractivity contribution in [2.24, 2.45) is 5.41 Å². The molecule has 1 N–H and O–H groups in total. The maximum absolute atomic E-state index is 12.1. The molecule has 0 radical (unpaired) electrons. The van der Waals surface area contributed by atoms with Gasteiger partial charge < -0.3 is 10.1 Å². The van der Waals surface area contributed by atoms with Crippen molar-refractivity contribution in [3.8, 4) is 0 Å². The second-order valence-electron chi connectivity index (χ2n) is 4.26. The number of amides is 1. The molecule has 1 aliphatic rings. The number of halogens is 1. The Hall–Kier alpha value is -1.11. The molecule has 1 fully saturated rings. The summed E-state index contributed by atoms with van der Waals surface area (Å²) in [7, 11) is 0. The Morgan fingerprint density at radius 2 is 1.94 bits per heavy atom. The maximum Gasteiger partial charge on any atom is 0.321 e. The van der Waals surface area contributed by atoms with Crippen molar-refractivity contribution in [2.75, 3.05) is 11.9 Å². The SMILES string of the molecule is CCOC(=O)C1(C(=O)Nc2ccc(I)cc2)CC1. The lowest BCUT2D eigenvalue weighted by Crippen LogP contribution is -2.33. The van der Waals surface area contributed by atoms with Gasteiger partial charge in [-0.25, -0.2) is 0 Å². The van der Waals surface area contributed by atoms with E-state index in [0.717, 1.165) is 3.57 Å². The number of carbonyl (C=O) groups is 2. The molecule has 0 unspecified atom stereocenters. The summed E-state index contributed by atoms with van der Waals surface area (Å²) in [5.74, 6) is -0.671. The highest BCUT2D eigenvalue weighted by Gasteiger charge is 2.58. The van der Waals surface area contributed by atoms with E-state index < -0.39 is 11.4 Å². The molecule has 5 heteroatoms. The summed E-state index contributed by atoms with van der Waals surface area (Å²) >= 11 is 2.19. The van der Waals surface area contributed by atoms with Crippen LogP contribution in [-0.2, 0) is 14.3 Å². The van der Waals surface area contributed by atoms with Crippen LogP contribution in [0.3, 0.4) is 0 Å². The van der Waals surface area contributed by atoms with Crippen LogP contribution in [0.5, 0.6) is 0 Å². The minimum atomic E-state index is -0.945. The second kappa shape index (κ2) is 5.26. The smallest absolute Gasteiger partial charge is 0.321 e. The molecule has 0 saturated heterocycles. The molecular weight excluding hydrogens is 345 g/mol. The van der Waals surface area contributed by atoms with Crippen LogP contribution in [0.4, 0.5) is 5.69 Å². The third kappa shape index (κ3) is 2.66. The van der Waals surface area contributed by atoms with Gasteiger partial charge in [0, 0.05) is 9.26 Å². The highest BCUT2D eigenvalue weighted by Crippen LogP contribution is 2.47. The Morgan fingerprint density at radius 3 is 2.44 bits per heavy atom. The summed E-state index contributed by atoms with van der Waals surface area (Å²) in [4.78, 5) is 23.8. The van der Waals surface area contributed by atoms with Crippen LogP contribution in [0.1, 0.15) is 19.8 Å². The molecule has 0 heterocycles. The Labute approximate surface area is 119 Å². The number of benzene rings is 1. The van der Waals surface area contributed by atoms with Crippen LogP contribution >= 0.6 is 22.6 Å². The van der Waals surface area contributed by atoms with Gasteiger partial charge in [0.2, 0.25) is 5.91 Å². The quantitative estimate of drug-likeness (QED) is 0.511. The lowest BCUT2D eigenvalue weighted by atomic mass is 10.1. The first-order valence-corrected chi connectivity index (χ1v) is 6.90. The Kier molecular flexibility index (Phi) is 3.89. The lowest BCUT2D eigenvalue weighted by Gasteiger charge is -2.13. The first-order chi connectivity index (χ1) is 8.58. The molecule has 0 aliphatic heterocycles. The van der Waals surface area contributed by atoms with E-state index in [4.69, 9.17) is 4.74 Å². The van der Waals surface area contributed by atoms with Crippen molar-refractivity contribution < 1.29 is 14.3 Å². The summed E-state index contributed by atoms with van der Waals surface area (Å²) in [5, 5.41) is 2.77. The molecule has 1 saturated carbocycles. The number of carbonyl (C=O) groups excluding carboxylic acids is 2. The molecule has 96 valence electrons. The van der Waals surface area contributed by atoms with E-state index in [-0.39, 0.29) is 5.91 Å². The number of esters is 1. The minimum Gasteiger partial charge on any atom is -0.465 e. The average molecular weight is 359 g/mol. The largest absolute Gasteiger partial charge is 0.465 e. The number of nitrogens with one attached hydrogen (secondary N) is 1. The van der Waals surface area contributed by atoms with E-state index in [0.29, 0.717) is 25.1 Å². The van der Waals surface area contributed by atoms with Gasteiger partial charge in [0.05, 0.1) is 6.61 Å². The maximum atomic E-state index is 12.1. The van der Waals surface area contributed by atoms with E-state index in [1.165, 1.54) is 0 Å². The number of ether oxygens (including phenoxy) is 1. The fourth-order valence-electron chi connectivity index (χ4n) is 1.70. The fraction of sp³-hybridized carbons (Fsp3) is 0.385. The summed E-state index contributed by atoms with van der Waals surface area (Å²) in [6, 6.07) is 7.45. The van der Waals surface area contributed by atoms with Crippen LogP contribution in [0, 0.1) is 8.99 Å². The van der Waals surface area contributed by atoms with Crippen LogP contribution in [0.25, 0.3) is 0 Å². The Bertz CT molecular complexity index is 466. The molecule has 1 amide bonds. The van der Waals surface area contributed by atoms with Gasteiger partial charge in [0.1, 0.15) is 5.41 Å². The third-order valence-corrected chi connectivity index (χ3v) is 3.67. The van der Waals surface area contributed by atoms with Crippen molar-refractivity contribution in [1.82, 2.24) is 0 Å². The van der Waals surface area contributed by atoms with Gasteiger partial charge in [-0.3, -0.25) is 9.59 Å². The topological polar surface area (TPSA) is 55.4 Å². The van der Waals surface area contributed by atoms with E-state index >= 15 is 0 Å². The van der Waals surface area contributed by atoms with Crippen LogP contribution in [0.15, 0.2) is 24.3 Å². The number of anilines is 1. The Morgan fingerprint density at radius 1 is 1.33 bits per heavy atom. The number of hydrogen-bond acceptors (Lipinski definition) is 3. The standard InChI is InChI=1S/C13H14INO3/c1-2-18-12(17)13(7-8-13)11(16)15-10-5-3-9(14)4-6-10/h3-6H,2,7-8H2,1H3,(H,15,16). The van der Waals surface area contributed by atoms with Gasteiger partial charge in [0.25, 0.3) is 0 Å². The Balaban J connectivity index is 2.04. The van der Waals surface area contributed by atoms with Crippen molar-refractivity contribution in [3.63, 3.8) is 0 Å². The second-order valence-corrected chi connectivity index (χ2v) is 5.51. The zero-order valence-electron chi connectivity index (χ0n) is 10.0. The third-order valence-electron chi connectivity index (χ3n) is 2.95. The van der Waals surface area contributed by atoms with E-state index in [1.807, 2.05) is 24.3 Å². The normalized spacial score (nSPS) is 15.9. The first-order valence-electron chi connectivity index (χ1n) is 5.83. The van der Waals surface area contributed by atoms with Gasteiger partial charge in [0.15, 0.2) is 0 Å². The van der Waals surface area contributed by atoms with Crippen LogP contribution in [-0.4, -0.2) is 18.5 Å². The predicted octanol–water partition coefficient (Wildman–Crippen LogP) is 2.57. The molecule has 0 spiro atoms.